The third-order valence-corrected chi connectivity index (χ3v) is 3.14. The Hall–Kier alpha value is -1.27. The molecule has 6 heteroatoms. The highest BCUT2D eigenvalue weighted by molar-refractivity contribution is 7.80. The molecule has 2 N–H and O–H groups in total. The van der Waals surface area contributed by atoms with Crippen molar-refractivity contribution in [3.05, 3.63) is 18.1 Å². The predicted octanol–water partition coefficient (Wildman–Crippen LogP) is 0.253. The average molecular weight is 251 g/mol. The number of anilines is 1. The predicted molar refractivity (Wildman–Crippen MR) is 72.2 cm³/mol. The van der Waals surface area contributed by atoms with E-state index in [1.165, 1.54) is 0 Å². The van der Waals surface area contributed by atoms with Crippen LogP contribution in [0, 0.1) is 0 Å². The zero-order valence-electron chi connectivity index (χ0n) is 9.96. The van der Waals surface area contributed by atoms with Crippen molar-refractivity contribution >= 4 is 23.0 Å². The van der Waals surface area contributed by atoms with E-state index in [1.807, 2.05) is 0 Å². The molecule has 0 aromatic carbocycles. The fourth-order valence-electron chi connectivity index (χ4n) is 1.89. The monoisotopic (exact) mass is 251 g/mol. The summed E-state index contributed by atoms with van der Waals surface area (Å²) in [4.78, 5) is 13.5. The molecule has 2 heterocycles. The Morgan fingerprint density at radius 1 is 1.24 bits per heavy atom. The third kappa shape index (κ3) is 3.10. The van der Waals surface area contributed by atoms with Gasteiger partial charge in [-0.2, -0.15) is 0 Å². The Kier molecular flexibility index (Phi) is 3.86. The molecule has 1 fully saturated rings. The molecule has 0 amide bonds. The molecule has 0 spiro atoms. The number of nitrogens with zero attached hydrogens (tertiary/aromatic N) is 4. The van der Waals surface area contributed by atoms with Crippen molar-refractivity contribution in [3.63, 3.8) is 0 Å². The molecule has 1 aliphatic heterocycles. The van der Waals surface area contributed by atoms with Crippen molar-refractivity contribution in [2.75, 3.05) is 38.1 Å². The molecule has 5 nitrogen and oxygen atoms in total. The van der Waals surface area contributed by atoms with Gasteiger partial charge in [-0.05, 0) is 20.0 Å². The van der Waals surface area contributed by atoms with Crippen LogP contribution in [0.1, 0.15) is 12.1 Å². The van der Waals surface area contributed by atoms with Crippen LogP contribution in [-0.2, 0) is 0 Å². The highest BCUT2D eigenvalue weighted by Gasteiger charge is 2.13. The summed E-state index contributed by atoms with van der Waals surface area (Å²) in [5.41, 5.74) is 6.07. The van der Waals surface area contributed by atoms with Gasteiger partial charge < -0.3 is 15.5 Å². The summed E-state index contributed by atoms with van der Waals surface area (Å²) in [6.07, 6.45) is 4.54. The molecule has 0 saturated carbocycles. The number of thiocarbonyl (C=S) groups is 1. The number of hydrogen-bond acceptors (Lipinski definition) is 5. The molecule has 1 aromatic rings. The lowest BCUT2D eigenvalue weighted by Crippen LogP contribution is -2.29. The Labute approximate surface area is 107 Å². The Bertz CT molecular complexity index is 391. The van der Waals surface area contributed by atoms with Gasteiger partial charge in [0.25, 0.3) is 0 Å². The second-order valence-electron chi connectivity index (χ2n) is 4.27. The number of nitrogens with two attached hydrogens (primary N) is 1. The molecule has 1 aromatic heterocycles. The lowest BCUT2D eigenvalue weighted by molar-refractivity contribution is 0.360. The topological polar surface area (TPSA) is 58.3 Å². The number of rotatable bonds is 2. The number of aromatic nitrogens is 2. The highest BCUT2D eigenvalue weighted by Crippen LogP contribution is 2.12. The third-order valence-electron chi connectivity index (χ3n) is 2.93. The number of likely N-dealkylation sites (N-methyl/N-ethyl adjacent to an activating group) is 1. The summed E-state index contributed by atoms with van der Waals surface area (Å²) >= 11 is 4.85. The van der Waals surface area contributed by atoms with Crippen molar-refractivity contribution in [3.8, 4) is 0 Å². The van der Waals surface area contributed by atoms with Crippen LogP contribution in [0.4, 0.5) is 5.82 Å². The maximum atomic E-state index is 5.49. The van der Waals surface area contributed by atoms with Gasteiger partial charge in [-0.3, -0.25) is 0 Å². The normalized spacial score (nSPS) is 17.8. The lowest BCUT2D eigenvalue weighted by atomic mass is 10.4. The van der Waals surface area contributed by atoms with Crippen LogP contribution >= 0.6 is 12.2 Å². The zero-order valence-corrected chi connectivity index (χ0v) is 10.8. The van der Waals surface area contributed by atoms with Gasteiger partial charge in [-0.15, -0.1) is 0 Å². The van der Waals surface area contributed by atoms with Crippen molar-refractivity contribution in [2.45, 2.75) is 6.42 Å². The Morgan fingerprint density at radius 3 is 2.71 bits per heavy atom. The molecule has 0 aliphatic carbocycles. The van der Waals surface area contributed by atoms with Gasteiger partial charge in [-0.25, -0.2) is 9.97 Å². The van der Waals surface area contributed by atoms with E-state index in [2.05, 4.69) is 26.8 Å². The van der Waals surface area contributed by atoms with Crippen LogP contribution in [0.2, 0.25) is 0 Å². The molecule has 0 unspecified atom stereocenters. The highest BCUT2D eigenvalue weighted by atomic mass is 32.1. The molecule has 0 atom stereocenters. The first-order chi connectivity index (χ1) is 8.16. The maximum Gasteiger partial charge on any atom is 0.147 e. The van der Waals surface area contributed by atoms with E-state index in [9.17, 15) is 0 Å². The fraction of sp³-hybridized carbons (Fsp3) is 0.545. The quantitative estimate of drug-likeness (QED) is 0.761. The standard InChI is InChI=1S/C11H17N5S/c1-15-3-2-4-16(6-5-15)10-8-13-9(7-14-10)11(12)17/h7-8H,2-6H2,1H3,(H2,12,17). The van der Waals surface area contributed by atoms with Crippen LogP contribution < -0.4 is 10.6 Å². The van der Waals surface area contributed by atoms with Gasteiger partial charge >= 0.3 is 0 Å². The van der Waals surface area contributed by atoms with E-state index in [4.69, 9.17) is 18.0 Å². The first-order valence-corrected chi connectivity index (χ1v) is 6.13. The second kappa shape index (κ2) is 5.37. The van der Waals surface area contributed by atoms with Gasteiger partial charge in [0.15, 0.2) is 0 Å². The largest absolute Gasteiger partial charge is 0.388 e. The molecule has 17 heavy (non-hydrogen) atoms. The van der Waals surface area contributed by atoms with Crippen molar-refractivity contribution in [1.29, 1.82) is 0 Å². The zero-order chi connectivity index (χ0) is 12.3. The van der Waals surface area contributed by atoms with Crippen molar-refractivity contribution in [1.82, 2.24) is 14.9 Å². The van der Waals surface area contributed by atoms with Gasteiger partial charge in [0.2, 0.25) is 0 Å². The SMILES string of the molecule is CN1CCCN(c2cnc(C(N)=S)cn2)CC1. The van der Waals surface area contributed by atoms with E-state index in [-0.39, 0.29) is 0 Å². The number of hydrogen-bond donors (Lipinski definition) is 1. The van der Waals surface area contributed by atoms with E-state index < -0.39 is 0 Å². The van der Waals surface area contributed by atoms with Gasteiger partial charge in [-0.1, -0.05) is 12.2 Å². The minimum atomic E-state index is 0.291. The van der Waals surface area contributed by atoms with E-state index in [0.29, 0.717) is 10.7 Å². The summed E-state index contributed by atoms with van der Waals surface area (Å²) in [6, 6.07) is 0. The van der Waals surface area contributed by atoms with Gasteiger partial charge in [0.1, 0.15) is 16.5 Å². The Balaban J connectivity index is 2.08. The van der Waals surface area contributed by atoms with Crippen molar-refractivity contribution < 1.29 is 0 Å². The maximum absolute atomic E-state index is 5.49. The van der Waals surface area contributed by atoms with Crippen LogP contribution in [-0.4, -0.2) is 53.1 Å². The van der Waals surface area contributed by atoms with Gasteiger partial charge in [0, 0.05) is 19.6 Å². The van der Waals surface area contributed by atoms with Crippen LogP contribution in [0.5, 0.6) is 0 Å². The summed E-state index contributed by atoms with van der Waals surface area (Å²) in [6.45, 7) is 4.19. The molecule has 0 bridgehead atoms. The summed E-state index contributed by atoms with van der Waals surface area (Å²) < 4.78 is 0. The molecular formula is C11H17N5S. The Morgan fingerprint density at radius 2 is 2.06 bits per heavy atom. The first kappa shape index (κ1) is 12.2. The second-order valence-corrected chi connectivity index (χ2v) is 4.71. The minimum Gasteiger partial charge on any atom is -0.388 e. The van der Waals surface area contributed by atoms with E-state index >= 15 is 0 Å². The smallest absolute Gasteiger partial charge is 0.147 e. The molecule has 1 aliphatic rings. The van der Waals surface area contributed by atoms with E-state index in [0.717, 1.165) is 38.4 Å². The lowest BCUT2D eigenvalue weighted by Gasteiger charge is -2.21. The molecule has 92 valence electrons. The molecule has 2 rings (SSSR count). The van der Waals surface area contributed by atoms with Crippen LogP contribution in [0.3, 0.4) is 0 Å². The average Bonchev–Trinajstić information content (AvgIpc) is 2.54. The molecule has 1 saturated heterocycles. The summed E-state index contributed by atoms with van der Waals surface area (Å²) in [5.74, 6) is 0.903. The fourth-order valence-corrected chi connectivity index (χ4v) is 1.99. The van der Waals surface area contributed by atoms with Crippen molar-refractivity contribution in [2.24, 2.45) is 5.73 Å². The first-order valence-electron chi connectivity index (χ1n) is 5.72. The van der Waals surface area contributed by atoms with Crippen LogP contribution in [0.25, 0.3) is 0 Å². The van der Waals surface area contributed by atoms with Gasteiger partial charge in [0.05, 0.1) is 12.4 Å². The van der Waals surface area contributed by atoms with E-state index in [1.54, 1.807) is 12.4 Å². The summed E-state index contributed by atoms with van der Waals surface area (Å²) in [5, 5.41) is 0. The van der Waals surface area contributed by atoms with Crippen LogP contribution in [0.15, 0.2) is 12.4 Å². The minimum absolute atomic E-state index is 0.291. The summed E-state index contributed by atoms with van der Waals surface area (Å²) in [7, 11) is 2.14. The molecule has 0 radical (unpaired) electrons. The molecular weight excluding hydrogens is 234 g/mol.